The van der Waals surface area contributed by atoms with Gasteiger partial charge in [0.2, 0.25) is 5.91 Å². The molecule has 4 aromatic rings. The molecule has 0 atom stereocenters. The van der Waals surface area contributed by atoms with Crippen LogP contribution in [0.5, 0.6) is 5.75 Å². The maximum absolute atomic E-state index is 12.8. The van der Waals surface area contributed by atoms with Crippen molar-refractivity contribution >= 4 is 34.7 Å². The summed E-state index contributed by atoms with van der Waals surface area (Å²) in [5.41, 5.74) is 2.78. The molecule has 8 heteroatoms. The third kappa shape index (κ3) is 5.29. The average Bonchev–Trinajstić information content (AvgIpc) is 3.47. The van der Waals surface area contributed by atoms with Crippen LogP contribution in [0.3, 0.4) is 0 Å². The Balaban J connectivity index is 1.57. The van der Waals surface area contributed by atoms with Crippen LogP contribution in [0.2, 0.25) is 0 Å². The standard InChI is InChI=1S/C25H26N4O2S2/c1-25(2,3)19-8-5-6-9-20(19)26-22(30)16-33-24-28-27-23(21-10-7-15-32-21)29(24)17-11-13-18(31-4)14-12-17/h5-15H,16H2,1-4H3,(H,26,30). The van der Waals surface area contributed by atoms with E-state index in [0.29, 0.717) is 5.16 Å². The topological polar surface area (TPSA) is 69.0 Å². The molecule has 0 aliphatic rings. The molecule has 6 nitrogen and oxygen atoms in total. The van der Waals surface area contributed by atoms with Crippen LogP contribution in [0.15, 0.2) is 71.2 Å². The van der Waals surface area contributed by atoms with Crippen molar-refractivity contribution in [3.8, 4) is 22.1 Å². The highest BCUT2D eigenvalue weighted by Gasteiger charge is 2.20. The van der Waals surface area contributed by atoms with Crippen molar-refractivity contribution in [3.63, 3.8) is 0 Å². The van der Waals surface area contributed by atoms with Crippen LogP contribution in [0.1, 0.15) is 26.3 Å². The molecule has 0 aliphatic heterocycles. The van der Waals surface area contributed by atoms with Crippen molar-refractivity contribution in [2.45, 2.75) is 31.3 Å². The Labute approximate surface area is 202 Å². The molecular weight excluding hydrogens is 452 g/mol. The number of para-hydroxylation sites is 1. The Morgan fingerprint density at radius 1 is 1.06 bits per heavy atom. The van der Waals surface area contributed by atoms with Gasteiger partial charge in [-0.2, -0.15) is 0 Å². The summed E-state index contributed by atoms with van der Waals surface area (Å²) in [7, 11) is 1.64. The predicted octanol–water partition coefficient (Wildman–Crippen LogP) is 6.03. The van der Waals surface area contributed by atoms with Gasteiger partial charge < -0.3 is 10.1 Å². The molecule has 0 aliphatic carbocycles. The quantitative estimate of drug-likeness (QED) is 0.328. The summed E-state index contributed by atoms with van der Waals surface area (Å²) < 4.78 is 7.27. The first-order valence-corrected chi connectivity index (χ1v) is 12.4. The van der Waals surface area contributed by atoms with Gasteiger partial charge in [0, 0.05) is 5.69 Å². The molecule has 0 spiro atoms. The van der Waals surface area contributed by atoms with Gasteiger partial charge >= 0.3 is 0 Å². The number of aromatic nitrogens is 3. The molecule has 2 heterocycles. The molecular formula is C25H26N4O2S2. The molecule has 0 saturated carbocycles. The van der Waals surface area contributed by atoms with Crippen molar-refractivity contribution in [1.29, 1.82) is 0 Å². The van der Waals surface area contributed by atoms with E-state index in [9.17, 15) is 4.79 Å². The highest BCUT2D eigenvalue weighted by molar-refractivity contribution is 7.99. The summed E-state index contributed by atoms with van der Waals surface area (Å²) in [4.78, 5) is 13.8. The largest absolute Gasteiger partial charge is 0.497 e. The normalized spacial score (nSPS) is 11.4. The van der Waals surface area contributed by atoms with Crippen molar-refractivity contribution in [2.75, 3.05) is 18.2 Å². The Morgan fingerprint density at radius 2 is 1.82 bits per heavy atom. The van der Waals surface area contributed by atoms with E-state index in [0.717, 1.165) is 33.4 Å². The molecule has 4 rings (SSSR count). The zero-order valence-electron chi connectivity index (χ0n) is 19.0. The molecule has 0 saturated heterocycles. The summed E-state index contributed by atoms with van der Waals surface area (Å²) in [5.74, 6) is 1.66. The van der Waals surface area contributed by atoms with Crippen LogP contribution in [0.4, 0.5) is 5.69 Å². The van der Waals surface area contributed by atoms with E-state index in [1.807, 2.05) is 64.5 Å². The summed E-state index contributed by atoms with van der Waals surface area (Å²) in [5, 5.41) is 14.6. The third-order valence-corrected chi connectivity index (χ3v) is 6.84. The van der Waals surface area contributed by atoms with Crippen LogP contribution in [-0.4, -0.2) is 33.5 Å². The summed E-state index contributed by atoms with van der Waals surface area (Å²) >= 11 is 2.96. The van der Waals surface area contributed by atoms with E-state index >= 15 is 0 Å². The average molecular weight is 479 g/mol. The van der Waals surface area contributed by atoms with E-state index < -0.39 is 0 Å². The molecule has 2 aromatic heterocycles. The van der Waals surface area contributed by atoms with Gasteiger partial charge in [-0.1, -0.05) is 56.8 Å². The second-order valence-electron chi connectivity index (χ2n) is 8.45. The first-order valence-electron chi connectivity index (χ1n) is 10.5. The van der Waals surface area contributed by atoms with E-state index in [-0.39, 0.29) is 17.1 Å². The van der Waals surface area contributed by atoms with Gasteiger partial charge in [-0.05, 0) is 52.8 Å². The zero-order valence-corrected chi connectivity index (χ0v) is 20.7. The number of rotatable bonds is 7. The number of anilines is 1. The summed E-state index contributed by atoms with van der Waals surface area (Å²) in [6.07, 6.45) is 0. The van der Waals surface area contributed by atoms with Gasteiger partial charge in [0.05, 0.1) is 23.4 Å². The molecule has 0 radical (unpaired) electrons. The lowest BCUT2D eigenvalue weighted by Gasteiger charge is -2.23. The molecule has 0 fully saturated rings. The van der Waals surface area contributed by atoms with E-state index in [1.54, 1.807) is 18.4 Å². The number of thioether (sulfide) groups is 1. The van der Waals surface area contributed by atoms with Crippen LogP contribution < -0.4 is 10.1 Å². The first-order chi connectivity index (χ1) is 15.9. The predicted molar refractivity (Wildman–Crippen MR) is 136 cm³/mol. The third-order valence-electron chi connectivity index (χ3n) is 5.05. The minimum absolute atomic E-state index is 0.0683. The van der Waals surface area contributed by atoms with Gasteiger partial charge in [0.1, 0.15) is 5.75 Å². The number of benzene rings is 2. The Kier molecular flexibility index (Phi) is 6.85. The fraction of sp³-hybridized carbons (Fsp3) is 0.240. The molecule has 170 valence electrons. The van der Waals surface area contributed by atoms with Crippen molar-refractivity contribution < 1.29 is 9.53 Å². The minimum Gasteiger partial charge on any atom is -0.497 e. The molecule has 2 aromatic carbocycles. The number of nitrogens with one attached hydrogen (secondary N) is 1. The highest BCUT2D eigenvalue weighted by Crippen LogP contribution is 2.32. The highest BCUT2D eigenvalue weighted by atomic mass is 32.2. The van der Waals surface area contributed by atoms with Gasteiger partial charge in [0.15, 0.2) is 11.0 Å². The monoisotopic (exact) mass is 478 g/mol. The van der Waals surface area contributed by atoms with Gasteiger partial charge in [-0.3, -0.25) is 9.36 Å². The molecule has 0 bridgehead atoms. The minimum atomic E-state index is -0.0846. The Bertz CT molecular complexity index is 1230. The van der Waals surface area contributed by atoms with Gasteiger partial charge in [0.25, 0.3) is 0 Å². The second kappa shape index (κ2) is 9.80. The Hall–Kier alpha value is -3.10. The van der Waals surface area contributed by atoms with Crippen LogP contribution in [-0.2, 0) is 10.2 Å². The number of carbonyl (C=O) groups excluding carboxylic acids is 1. The molecule has 1 amide bonds. The maximum atomic E-state index is 12.8. The summed E-state index contributed by atoms with van der Waals surface area (Å²) in [6, 6.07) is 19.6. The van der Waals surface area contributed by atoms with Crippen molar-refractivity contribution in [2.24, 2.45) is 0 Å². The van der Waals surface area contributed by atoms with Crippen molar-refractivity contribution in [1.82, 2.24) is 14.8 Å². The van der Waals surface area contributed by atoms with E-state index in [1.165, 1.54) is 11.8 Å². The van der Waals surface area contributed by atoms with Crippen LogP contribution >= 0.6 is 23.1 Å². The molecule has 1 N–H and O–H groups in total. The fourth-order valence-electron chi connectivity index (χ4n) is 3.46. The van der Waals surface area contributed by atoms with Crippen LogP contribution in [0, 0.1) is 0 Å². The number of hydrogen-bond acceptors (Lipinski definition) is 6. The number of methoxy groups -OCH3 is 1. The SMILES string of the molecule is COc1ccc(-n2c(SCC(=O)Nc3ccccc3C(C)(C)C)nnc2-c2cccs2)cc1. The zero-order chi connectivity index (χ0) is 23.4. The smallest absolute Gasteiger partial charge is 0.234 e. The lowest BCUT2D eigenvalue weighted by Crippen LogP contribution is -2.20. The maximum Gasteiger partial charge on any atom is 0.234 e. The lowest BCUT2D eigenvalue weighted by molar-refractivity contribution is -0.113. The van der Waals surface area contributed by atoms with Gasteiger partial charge in [-0.15, -0.1) is 21.5 Å². The molecule has 33 heavy (non-hydrogen) atoms. The Morgan fingerprint density at radius 3 is 2.48 bits per heavy atom. The van der Waals surface area contributed by atoms with Gasteiger partial charge in [-0.25, -0.2) is 0 Å². The van der Waals surface area contributed by atoms with E-state index in [4.69, 9.17) is 4.74 Å². The number of nitrogens with zero attached hydrogens (tertiary/aromatic N) is 3. The number of thiophene rings is 1. The molecule has 0 unspecified atom stereocenters. The van der Waals surface area contributed by atoms with Crippen LogP contribution in [0.25, 0.3) is 16.4 Å². The first kappa shape index (κ1) is 23.1. The number of carbonyl (C=O) groups is 1. The van der Waals surface area contributed by atoms with E-state index in [2.05, 4.69) is 42.4 Å². The second-order valence-corrected chi connectivity index (χ2v) is 10.3. The number of amides is 1. The lowest BCUT2D eigenvalue weighted by atomic mass is 9.86. The fourth-order valence-corrected chi connectivity index (χ4v) is 4.91. The summed E-state index contributed by atoms with van der Waals surface area (Å²) in [6.45, 7) is 6.41. The van der Waals surface area contributed by atoms with Crippen molar-refractivity contribution in [3.05, 3.63) is 71.6 Å². The number of ether oxygens (including phenoxy) is 1. The number of hydrogen-bond donors (Lipinski definition) is 1.